The summed E-state index contributed by atoms with van der Waals surface area (Å²) in [5.74, 6) is -0.290. The van der Waals surface area contributed by atoms with Crippen LogP contribution in [0.15, 0.2) is 24.4 Å². The Kier molecular flexibility index (Phi) is 6.72. The molecule has 6 nitrogen and oxygen atoms in total. The van der Waals surface area contributed by atoms with Crippen LogP contribution in [-0.4, -0.2) is 9.91 Å². The van der Waals surface area contributed by atoms with Crippen LogP contribution in [0.4, 0.5) is 18.9 Å². The zero-order valence-electron chi connectivity index (χ0n) is 13.6. The first-order valence-corrected chi connectivity index (χ1v) is 10.3. The van der Waals surface area contributed by atoms with E-state index in [1.165, 1.54) is 6.07 Å². The van der Waals surface area contributed by atoms with Crippen LogP contribution in [0.25, 0.3) is 0 Å². The third kappa shape index (κ3) is 5.12. The van der Waals surface area contributed by atoms with Crippen molar-refractivity contribution in [3.63, 3.8) is 0 Å². The molecule has 0 spiro atoms. The van der Waals surface area contributed by atoms with Gasteiger partial charge in [0, 0.05) is 17.8 Å². The van der Waals surface area contributed by atoms with Crippen LogP contribution in [-0.2, 0) is 17.2 Å². The van der Waals surface area contributed by atoms with Gasteiger partial charge in [0.1, 0.15) is 16.1 Å². The number of alkyl halides is 3. The number of rotatable bonds is 6. The second-order valence-corrected chi connectivity index (χ2v) is 7.89. The summed E-state index contributed by atoms with van der Waals surface area (Å²) in [6.07, 6.45) is -3.12. The monoisotopic (exact) mass is 442 g/mol. The van der Waals surface area contributed by atoms with Gasteiger partial charge in [0.2, 0.25) is 5.88 Å². The molecule has 0 amide bonds. The average Bonchev–Trinajstić information content (AvgIpc) is 2.56. The molecule has 1 atom stereocenters. The van der Waals surface area contributed by atoms with Gasteiger partial charge in [-0.15, -0.1) is 0 Å². The number of nitro groups is 1. The maximum absolute atomic E-state index is 12.7. The highest BCUT2D eigenvalue weighted by Crippen LogP contribution is 2.38. The van der Waals surface area contributed by atoms with Crippen LogP contribution in [0.5, 0.6) is 11.6 Å². The number of ether oxygens (including phenoxy) is 1. The molecule has 0 saturated carbocycles. The largest absolute Gasteiger partial charge is 0.437 e. The minimum atomic E-state index is -4.62. The molecule has 2 aromatic rings. The normalized spacial score (nSPS) is 12.7. The van der Waals surface area contributed by atoms with Crippen molar-refractivity contribution in [2.24, 2.45) is 0 Å². The summed E-state index contributed by atoms with van der Waals surface area (Å²) in [7, 11) is -2.97. The molecule has 146 valence electrons. The molecule has 1 heterocycles. The Morgan fingerprint density at radius 2 is 2.00 bits per heavy atom. The predicted molar refractivity (Wildman–Crippen MR) is 95.9 cm³/mol. The molecule has 0 aliphatic heterocycles. The van der Waals surface area contributed by atoms with E-state index in [0.717, 1.165) is 6.07 Å². The SMILES string of the molecule is CCCc1cc([N+](=O)[O-])c([PH](=O)Cl)cc1Oc1ncc(C(F)(F)F)cc1Cl. The summed E-state index contributed by atoms with van der Waals surface area (Å²) < 4.78 is 55.3. The van der Waals surface area contributed by atoms with E-state index in [0.29, 0.717) is 30.7 Å². The van der Waals surface area contributed by atoms with Crippen LogP contribution in [0.3, 0.4) is 0 Å². The summed E-state index contributed by atoms with van der Waals surface area (Å²) in [4.78, 5) is 14.0. The number of pyridine rings is 1. The maximum Gasteiger partial charge on any atom is 0.417 e. The molecule has 1 aromatic heterocycles. The Hall–Kier alpha value is -1.83. The lowest BCUT2D eigenvalue weighted by molar-refractivity contribution is -0.383. The summed E-state index contributed by atoms with van der Waals surface area (Å²) in [6, 6.07) is 2.96. The maximum atomic E-state index is 12.7. The Morgan fingerprint density at radius 1 is 1.33 bits per heavy atom. The van der Waals surface area contributed by atoms with E-state index < -0.39 is 34.5 Å². The number of nitrogens with zero attached hydrogens (tertiary/aromatic N) is 2. The molecule has 1 aromatic carbocycles. The Labute approximate surface area is 162 Å². The number of nitro benzene ring substituents is 1. The van der Waals surface area contributed by atoms with E-state index >= 15 is 0 Å². The predicted octanol–water partition coefficient (Wildman–Crippen LogP) is 5.75. The Bertz CT molecular complexity index is 909. The molecule has 0 aliphatic rings. The molecular formula is C15H12Cl2F3N2O4P. The lowest BCUT2D eigenvalue weighted by Crippen LogP contribution is -2.08. The van der Waals surface area contributed by atoms with Gasteiger partial charge < -0.3 is 9.30 Å². The zero-order chi connectivity index (χ0) is 20.4. The van der Waals surface area contributed by atoms with Crippen molar-refractivity contribution in [1.29, 1.82) is 0 Å². The van der Waals surface area contributed by atoms with Gasteiger partial charge >= 0.3 is 6.18 Å². The fraction of sp³-hybridized carbons (Fsp3) is 0.267. The highest BCUT2D eigenvalue weighted by Gasteiger charge is 2.32. The van der Waals surface area contributed by atoms with Crippen LogP contribution < -0.4 is 10.0 Å². The summed E-state index contributed by atoms with van der Waals surface area (Å²) in [5.41, 5.74) is -1.09. The number of hydrogen-bond acceptors (Lipinski definition) is 5. The number of halogens is 5. The van der Waals surface area contributed by atoms with Crippen molar-refractivity contribution in [2.45, 2.75) is 25.9 Å². The first-order chi connectivity index (χ1) is 12.5. The van der Waals surface area contributed by atoms with E-state index in [9.17, 15) is 27.9 Å². The third-order valence-electron chi connectivity index (χ3n) is 3.45. The standard InChI is InChI=1S/C15H12Cl2F3N2O4P/c1-2-3-8-4-11(22(23)24)13(27(17)25)6-12(8)26-14-10(16)5-9(7-21-14)15(18,19)20/h4-7,27H,2-3H2,1H3. The van der Waals surface area contributed by atoms with E-state index in [1.807, 2.05) is 6.92 Å². The van der Waals surface area contributed by atoms with Gasteiger partial charge in [-0.25, -0.2) is 4.98 Å². The number of hydrogen-bond donors (Lipinski definition) is 0. The van der Waals surface area contributed by atoms with Crippen molar-refractivity contribution >= 4 is 41.0 Å². The lowest BCUT2D eigenvalue weighted by Gasteiger charge is -2.14. The number of aryl methyl sites for hydroxylation is 1. The van der Waals surface area contributed by atoms with Crippen LogP contribution >= 0.6 is 30.0 Å². The van der Waals surface area contributed by atoms with Gasteiger partial charge in [-0.3, -0.25) is 10.1 Å². The number of benzene rings is 1. The second-order valence-electron chi connectivity index (χ2n) is 5.37. The van der Waals surface area contributed by atoms with Gasteiger partial charge in [0.05, 0.1) is 10.5 Å². The number of aromatic nitrogens is 1. The van der Waals surface area contributed by atoms with Crippen LogP contribution in [0.2, 0.25) is 5.02 Å². The van der Waals surface area contributed by atoms with Crippen LogP contribution in [0.1, 0.15) is 24.5 Å². The Morgan fingerprint density at radius 3 is 2.48 bits per heavy atom. The van der Waals surface area contributed by atoms with Gasteiger partial charge in [-0.05, 0) is 18.6 Å². The van der Waals surface area contributed by atoms with Gasteiger partial charge in [0.15, 0.2) is 7.15 Å². The summed E-state index contributed by atoms with van der Waals surface area (Å²) in [6.45, 7) is 1.82. The molecule has 0 saturated heterocycles. The topological polar surface area (TPSA) is 82.3 Å². The van der Waals surface area contributed by atoms with Gasteiger partial charge in [-0.1, -0.05) is 36.2 Å². The van der Waals surface area contributed by atoms with Gasteiger partial charge in [0.25, 0.3) is 5.69 Å². The Balaban J connectivity index is 2.53. The molecule has 1 unspecified atom stereocenters. The lowest BCUT2D eigenvalue weighted by atomic mass is 10.1. The smallest absolute Gasteiger partial charge is 0.417 e. The molecule has 27 heavy (non-hydrogen) atoms. The molecule has 0 aliphatic carbocycles. The minimum absolute atomic E-state index is 0.0330. The molecule has 0 bridgehead atoms. The molecule has 2 rings (SSSR count). The average molecular weight is 443 g/mol. The fourth-order valence-electron chi connectivity index (χ4n) is 2.24. The van der Waals surface area contributed by atoms with Crippen molar-refractivity contribution in [2.75, 3.05) is 0 Å². The first kappa shape index (κ1) is 21.5. The first-order valence-electron chi connectivity index (χ1n) is 7.46. The van der Waals surface area contributed by atoms with Crippen molar-refractivity contribution in [3.05, 3.63) is 50.7 Å². The summed E-state index contributed by atoms with van der Waals surface area (Å²) in [5, 5.41) is 10.6. The van der Waals surface area contributed by atoms with Crippen molar-refractivity contribution in [3.8, 4) is 11.6 Å². The van der Waals surface area contributed by atoms with E-state index in [4.69, 9.17) is 27.6 Å². The van der Waals surface area contributed by atoms with E-state index in [-0.39, 0.29) is 16.9 Å². The quantitative estimate of drug-likeness (QED) is 0.323. The molecule has 0 fully saturated rings. The van der Waals surface area contributed by atoms with E-state index in [1.54, 1.807) is 0 Å². The summed E-state index contributed by atoms with van der Waals surface area (Å²) >= 11 is 11.4. The third-order valence-corrected chi connectivity index (χ3v) is 5.15. The fourth-order valence-corrected chi connectivity index (χ4v) is 3.51. The molecule has 0 N–H and O–H groups in total. The molecule has 12 heteroatoms. The zero-order valence-corrected chi connectivity index (χ0v) is 16.2. The van der Waals surface area contributed by atoms with Gasteiger partial charge in [-0.2, -0.15) is 13.2 Å². The van der Waals surface area contributed by atoms with Crippen molar-refractivity contribution < 1.29 is 27.4 Å². The molecule has 0 radical (unpaired) electrons. The minimum Gasteiger partial charge on any atom is -0.437 e. The highest BCUT2D eigenvalue weighted by atomic mass is 35.7. The highest BCUT2D eigenvalue weighted by molar-refractivity contribution is 7.80. The molecular weight excluding hydrogens is 431 g/mol. The van der Waals surface area contributed by atoms with E-state index in [2.05, 4.69) is 4.98 Å². The second kappa shape index (κ2) is 8.46. The van der Waals surface area contributed by atoms with Crippen LogP contribution in [0, 0.1) is 10.1 Å². The van der Waals surface area contributed by atoms with Crippen molar-refractivity contribution in [1.82, 2.24) is 4.98 Å².